The molecule has 0 spiro atoms. The van der Waals surface area contributed by atoms with Gasteiger partial charge in [-0.3, -0.25) is 0 Å². The number of aliphatic hydroxyl groups is 4. The van der Waals surface area contributed by atoms with Crippen molar-refractivity contribution in [1.29, 1.82) is 0 Å². The minimum absolute atomic E-state index is 0.243. The van der Waals surface area contributed by atoms with Gasteiger partial charge in [0, 0.05) is 12.0 Å². The Morgan fingerprint density at radius 2 is 1.69 bits per heavy atom. The second-order valence-corrected chi connectivity index (χ2v) is 3.40. The van der Waals surface area contributed by atoms with Crippen LogP contribution in [0.15, 0.2) is 0 Å². The van der Waals surface area contributed by atoms with Crippen molar-refractivity contribution < 1.29 is 20.4 Å². The molecule has 78 valence electrons. The van der Waals surface area contributed by atoms with Crippen LogP contribution < -0.4 is 5.32 Å². The number of nitrogens with one attached hydrogen (secondary N) is 1. The Labute approximate surface area is 77.0 Å². The molecule has 0 aliphatic heterocycles. The van der Waals surface area contributed by atoms with Gasteiger partial charge < -0.3 is 25.7 Å². The monoisotopic (exact) mass is 191 g/mol. The minimum atomic E-state index is -1.17. The fourth-order valence-electron chi connectivity index (χ4n) is 1.86. The van der Waals surface area contributed by atoms with Crippen molar-refractivity contribution in [2.24, 2.45) is 5.92 Å². The summed E-state index contributed by atoms with van der Waals surface area (Å²) < 4.78 is 0. The molecule has 5 N–H and O–H groups in total. The third-order valence-corrected chi connectivity index (χ3v) is 2.62. The van der Waals surface area contributed by atoms with Crippen molar-refractivity contribution in [3.63, 3.8) is 0 Å². The quantitative estimate of drug-likeness (QED) is 0.345. The van der Waals surface area contributed by atoms with Gasteiger partial charge in [0.1, 0.15) is 6.10 Å². The first-order valence-electron chi connectivity index (χ1n) is 4.52. The first-order chi connectivity index (χ1) is 6.13. The Morgan fingerprint density at radius 3 is 2.15 bits per heavy atom. The summed E-state index contributed by atoms with van der Waals surface area (Å²) in [6.45, 7) is 2.24. The third-order valence-electron chi connectivity index (χ3n) is 2.62. The third kappa shape index (κ3) is 1.84. The smallest absolute Gasteiger partial charge is 0.108 e. The molecule has 5 nitrogen and oxygen atoms in total. The zero-order valence-electron chi connectivity index (χ0n) is 7.59. The van der Waals surface area contributed by atoms with Gasteiger partial charge in [-0.2, -0.15) is 0 Å². The van der Waals surface area contributed by atoms with Gasteiger partial charge in [0.05, 0.1) is 18.8 Å². The largest absolute Gasteiger partial charge is 0.396 e. The van der Waals surface area contributed by atoms with E-state index in [0.717, 1.165) is 0 Å². The Balaban J connectivity index is 2.68. The van der Waals surface area contributed by atoms with Crippen molar-refractivity contribution in [2.75, 3.05) is 13.2 Å². The summed E-state index contributed by atoms with van der Waals surface area (Å²) in [5, 5.41) is 40.1. The molecule has 1 aliphatic rings. The standard InChI is InChI=1S/C8H17NO4/c1-2-9-5-4(3-10)6(11)8(13)7(5)12/h4-13H,2-3H2,1H3/t4-,5+,6+,7-,8-/m0/s1. The zero-order chi connectivity index (χ0) is 10.0. The van der Waals surface area contributed by atoms with Crippen LogP contribution in [0.5, 0.6) is 0 Å². The number of rotatable bonds is 3. The van der Waals surface area contributed by atoms with E-state index >= 15 is 0 Å². The first-order valence-corrected chi connectivity index (χ1v) is 4.52. The summed E-state index contributed by atoms with van der Waals surface area (Å²) >= 11 is 0. The predicted octanol–water partition coefficient (Wildman–Crippen LogP) is -2.33. The van der Waals surface area contributed by atoms with Crippen LogP contribution in [-0.4, -0.2) is 57.9 Å². The van der Waals surface area contributed by atoms with Crippen molar-refractivity contribution in [3.05, 3.63) is 0 Å². The van der Waals surface area contributed by atoms with Crippen molar-refractivity contribution >= 4 is 0 Å². The molecule has 0 bridgehead atoms. The van der Waals surface area contributed by atoms with E-state index in [1.165, 1.54) is 0 Å². The Kier molecular flexibility index (Phi) is 3.63. The van der Waals surface area contributed by atoms with Crippen LogP contribution in [0.25, 0.3) is 0 Å². The fourth-order valence-corrected chi connectivity index (χ4v) is 1.86. The number of hydrogen-bond acceptors (Lipinski definition) is 5. The minimum Gasteiger partial charge on any atom is -0.396 e. The van der Waals surface area contributed by atoms with Gasteiger partial charge in [-0.25, -0.2) is 0 Å². The molecule has 0 heterocycles. The molecule has 0 unspecified atom stereocenters. The normalized spacial score (nSPS) is 45.5. The molecule has 5 heteroatoms. The average molecular weight is 191 g/mol. The number of aliphatic hydroxyl groups excluding tert-OH is 4. The van der Waals surface area contributed by atoms with E-state index in [-0.39, 0.29) is 6.61 Å². The van der Waals surface area contributed by atoms with Gasteiger partial charge in [-0.1, -0.05) is 6.92 Å². The van der Waals surface area contributed by atoms with Crippen molar-refractivity contribution in [1.82, 2.24) is 5.32 Å². The lowest BCUT2D eigenvalue weighted by molar-refractivity contribution is -0.0311. The molecule has 0 amide bonds. The molecule has 1 fully saturated rings. The van der Waals surface area contributed by atoms with E-state index in [9.17, 15) is 15.3 Å². The van der Waals surface area contributed by atoms with Gasteiger partial charge in [0.2, 0.25) is 0 Å². The lowest BCUT2D eigenvalue weighted by atomic mass is 10.0. The maximum absolute atomic E-state index is 9.48. The lowest BCUT2D eigenvalue weighted by Gasteiger charge is -2.21. The summed E-state index contributed by atoms with van der Waals surface area (Å²) in [6, 6.07) is -0.431. The zero-order valence-corrected chi connectivity index (χ0v) is 7.59. The van der Waals surface area contributed by atoms with E-state index < -0.39 is 30.3 Å². The van der Waals surface area contributed by atoms with E-state index in [2.05, 4.69) is 5.32 Å². The van der Waals surface area contributed by atoms with Crippen LogP contribution in [0.1, 0.15) is 6.92 Å². The predicted molar refractivity (Wildman–Crippen MR) is 46.1 cm³/mol. The molecule has 0 saturated heterocycles. The SMILES string of the molecule is CCN[C@H]1[C@H](O)[C@@H](O)[C@H](O)[C@H]1CO. The van der Waals surface area contributed by atoms with Crippen LogP contribution >= 0.6 is 0 Å². The molecular formula is C8H17NO4. The van der Waals surface area contributed by atoms with Crippen molar-refractivity contribution in [2.45, 2.75) is 31.3 Å². The van der Waals surface area contributed by atoms with E-state index in [1.807, 2.05) is 6.92 Å². The second-order valence-electron chi connectivity index (χ2n) is 3.40. The highest BCUT2D eigenvalue weighted by molar-refractivity contribution is 5.01. The Hall–Kier alpha value is -0.200. The lowest BCUT2D eigenvalue weighted by Crippen LogP contribution is -2.43. The van der Waals surface area contributed by atoms with Crippen LogP contribution in [0.3, 0.4) is 0 Å². The molecule has 1 aliphatic carbocycles. The highest BCUT2D eigenvalue weighted by Crippen LogP contribution is 2.26. The molecule has 13 heavy (non-hydrogen) atoms. The summed E-state index contributed by atoms with van der Waals surface area (Å²) in [5.74, 6) is -0.495. The molecule has 5 atom stereocenters. The molecular weight excluding hydrogens is 174 g/mol. The summed E-state index contributed by atoms with van der Waals surface area (Å²) in [4.78, 5) is 0. The van der Waals surface area contributed by atoms with E-state index in [0.29, 0.717) is 6.54 Å². The maximum Gasteiger partial charge on any atom is 0.108 e. The number of likely N-dealkylation sites (N-methyl/N-ethyl adjacent to an activating group) is 1. The van der Waals surface area contributed by atoms with Gasteiger partial charge in [-0.05, 0) is 6.54 Å². The summed E-state index contributed by atoms with van der Waals surface area (Å²) in [7, 11) is 0. The topological polar surface area (TPSA) is 93.0 Å². The second kappa shape index (κ2) is 4.34. The Morgan fingerprint density at radius 1 is 1.08 bits per heavy atom. The van der Waals surface area contributed by atoms with Crippen LogP contribution in [0, 0.1) is 5.92 Å². The van der Waals surface area contributed by atoms with Gasteiger partial charge in [-0.15, -0.1) is 0 Å². The van der Waals surface area contributed by atoms with Gasteiger partial charge >= 0.3 is 0 Å². The fraction of sp³-hybridized carbons (Fsp3) is 1.00. The highest BCUT2D eigenvalue weighted by atomic mass is 16.4. The molecule has 0 aromatic carbocycles. The van der Waals surface area contributed by atoms with Crippen LogP contribution in [-0.2, 0) is 0 Å². The molecule has 1 saturated carbocycles. The molecule has 1 rings (SSSR count). The highest BCUT2D eigenvalue weighted by Gasteiger charge is 2.47. The van der Waals surface area contributed by atoms with Crippen molar-refractivity contribution in [3.8, 4) is 0 Å². The van der Waals surface area contributed by atoms with Gasteiger partial charge in [0.15, 0.2) is 0 Å². The first kappa shape index (κ1) is 10.9. The molecule has 0 aromatic rings. The summed E-state index contributed by atoms with van der Waals surface area (Å²) in [6.07, 6.45) is -3.22. The van der Waals surface area contributed by atoms with E-state index in [1.54, 1.807) is 0 Å². The number of hydrogen-bond donors (Lipinski definition) is 5. The summed E-state index contributed by atoms with van der Waals surface area (Å²) in [5.41, 5.74) is 0. The Bertz CT molecular complexity index is 166. The molecule has 0 radical (unpaired) electrons. The van der Waals surface area contributed by atoms with Gasteiger partial charge in [0.25, 0.3) is 0 Å². The maximum atomic E-state index is 9.48. The van der Waals surface area contributed by atoms with Crippen LogP contribution in [0.4, 0.5) is 0 Å². The molecule has 0 aromatic heterocycles. The average Bonchev–Trinajstić information content (AvgIpc) is 2.32. The van der Waals surface area contributed by atoms with E-state index in [4.69, 9.17) is 5.11 Å². The van der Waals surface area contributed by atoms with Crippen LogP contribution in [0.2, 0.25) is 0 Å².